The fourth-order valence-electron chi connectivity index (χ4n) is 3.60. The summed E-state index contributed by atoms with van der Waals surface area (Å²) in [5, 5.41) is 21.6. The highest BCUT2D eigenvalue weighted by molar-refractivity contribution is 5.87. The topological polar surface area (TPSA) is 104 Å². The number of nitrogens with zero attached hydrogens (tertiary/aromatic N) is 5. The summed E-state index contributed by atoms with van der Waals surface area (Å²) >= 11 is 0. The number of hydrogen-bond acceptors (Lipinski definition) is 6. The smallest absolute Gasteiger partial charge is 0.362 e. The lowest BCUT2D eigenvalue weighted by molar-refractivity contribution is 0.0687. The van der Waals surface area contributed by atoms with Crippen molar-refractivity contribution in [1.82, 2.24) is 24.8 Å². The highest BCUT2D eigenvalue weighted by Crippen LogP contribution is 2.28. The molecular formula is C26H21N5O4. The molecule has 0 aliphatic heterocycles. The zero-order chi connectivity index (χ0) is 24.2. The molecule has 9 nitrogen and oxygen atoms in total. The van der Waals surface area contributed by atoms with E-state index in [1.165, 1.54) is 4.68 Å². The standard InChI is InChI=1S/C26H21N5O4/c1-34-22-11-3-18(4-12-22)17-31-25(24(26(32)33)28-29-31)35-23-13-7-20(8-14-23)19-5-9-21(10-6-19)30-16-2-15-27-30/h2-16H,17H2,1H3,(H,32,33). The number of carbonyl (C=O) groups is 1. The van der Waals surface area contributed by atoms with Crippen LogP contribution in [0.15, 0.2) is 91.3 Å². The van der Waals surface area contributed by atoms with Crippen LogP contribution in [-0.2, 0) is 6.54 Å². The molecule has 0 fully saturated rings. The maximum absolute atomic E-state index is 11.7. The molecule has 35 heavy (non-hydrogen) atoms. The molecule has 1 N–H and O–H groups in total. The lowest BCUT2D eigenvalue weighted by atomic mass is 10.1. The second-order valence-electron chi connectivity index (χ2n) is 7.68. The van der Waals surface area contributed by atoms with Crippen molar-refractivity contribution in [2.45, 2.75) is 6.54 Å². The summed E-state index contributed by atoms with van der Waals surface area (Å²) in [6, 6.07) is 24.7. The van der Waals surface area contributed by atoms with Gasteiger partial charge in [-0.05, 0) is 59.2 Å². The van der Waals surface area contributed by atoms with Gasteiger partial charge in [-0.1, -0.05) is 41.6 Å². The van der Waals surface area contributed by atoms with Gasteiger partial charge < -0.3 is 14.6 Å². The molecular weight excluding hydrogens is 446 g/mol. The molecule has 0 saturated carbocycles. The van der Waals surface area contributed by atoms with Gasteiger partial charge in [0.25, 0.3) is 5.88 Å². The van der Waals surface area contributed by atoms with E-state index in [1.807, 2.05) is 72.9 Å². The average Bonchev–Trinajstić information content (AvgIpc) is 3.56. The van der Waals surface area contributed by atoms with Gasteiger partial charge in [0.05, 0.1) is 19.3 Å². The minimum atomic E-state index is -1.21. The van der Waals surface area contributed by atoms with E-state index in [9.17, 15) is 9.90 Å². The van der Waals surface area contributed by atoms with Crippen LogP contribution in [0.3, 0.4) is 0 Å². The maximum Gasteiger partial charge on any atom is 0.362 e. The molecule has 0 spiro atoms. The van der Waals surface area contributed by atoms with Crippen LogP contribution >= 0.6 is 0 Å². The van der Waals surface area contributed by atoms with Gasteiger partial charge in [-0.2, -0.15) is 5.10 Å². The van der Waals surface area contributed by atoms with E-state index in [2.05, 4.69) is 15.4 Å². The van der Waals surface area contributed by atoms with Gasteiger partial charge in [0.15, 0.2) is 0 Å². The Morgan fingerprint density at radius 1 is 0.914 bits per heavy atom. The van der Waals surface area contributed by atoms with Crippen molar-refractivity contribution in [2.75, 3.05) is 7.11 Å². The molecule has 0 unspecified atom stereocenters. The van der Waals surface area contributed by atoms with Crippen LogP contribution in [0.4, 0.5) is 0 Å². The van der Waals surface area contributed by atoms with Crippen molar-refractivity contribution in [1.29, 1.82) is 0 Å². The maximum atomic E-state index is 11.7. The van der Waals surface area contributed by atoms with Gasteiger partial charge in [-0.15, -0.1) is 5.10 Å². The molecule has 0 saturated heterocycles. The molecule has 2 aromatic heterocycles. The quantitative estimate of drug-likeness (QED) is 0.353. The monoisotopic (exact) mass is 467 g/mol. The third-order valence-corrected chi connectivity index (χ3v) is 5.42. The Morgan fingerprint density at radius 2 is 1.57 bits per heavy atom. The zero-order valence-electron chi connectivity index (χ0n) is 18.8. The van der Waals surface area contributed by atoms with Gasteiger partial charge in [-0.3, -0.25) is 0 Å². The molecule has 0 aliphatic rings. The molecule has 0 amide bonds. The van der Waals surface area contributed by atoms with E-state index in [4.69, 9.17) is 9.47 Å². The summed E-state index contributed by atoms with van der Waals surface area (Å²) in [6.45, 7) is 0.292. The molecule has 5 rings (SSSR count). The minimum absolute atomic E-state index is 0.0599. The number of rotatable bonds is 8. The van der Waals surface area contributed by atoms with E-state index in [1.54, 1.807) is 30.1 Å². The highest BCUT2D eigenvalue weighted by Gasteiger charge is 2.22. The lowest BCUT2D eigenvalue weighted by Crippen LogP contribution is -2.06. The van der Waals surface area contributed by atoms with Gasteiger partial charge in [0, 0.05) is 12.4 Å². The van der Waals surface area contributed by atoms with Crippen molar-refractivity contribution in [3.8, 4) is 34.2 Å². The van der Waals surface area contributed by atoms with Crippen LogP contribution < -0.4 is 9.47 Å². The van der Waals surface area contributed by atoms with Crippen LogP contribution in [0.2, 0.25) is 0 Å². The molecule has 0 radical (unpaired) electrons. The molecule has 2 heterocycles. The van der Waals surface area contributed by atoms with Crippen LogP contribution in [0, 0.1) is 0 Å². The van der Waals surface area contributed by atoms with E-state index >= 15 is 0 Å². The van der Waals surface area contributed by atoms with Crippen LogP contribution in [-0.4, -0.2) is 43.0 Å². The van der Waals surface area contributed by atoms with E-state index in [0.717, 1.165) is 28.1 Å². The number of methoxy groups -OCH3 is 1. The first-order chi connectivity index (χ1) is 17.1. The summed E-state index contributed by atoms with van der Waals surface area (Å²) < 4.78 is 14.3. The highest BCUT2D eigenvalue weighted by atomic mass is 16.5. The fraction of sp³-hybridized carbons (Fsp3) is 0.0769. The first-order valence-electron chi connectivity index (χ1n) is 10.8. The first kappa shape index (κ1) is 21.9. The second kappa shape index (κ2) is 9.52. The van der Waals surface area contributed by atoms with E-state index in [-0.39, 0.29) is 11.6 Å². The Bertz CT molecular complexity index is 1430. The molecule has 3 aromatic carbocycles. The SMILES string of the molecule is COc1ccc(Cn2nnc(C(=O)O)c2Oc2ccc(-c3ccc(-n4cccn4)cc3)cc2)cc1. The first-order valence-corrected chi connectivity index (χ1v) is 10.8. The Kier molecular flexibility index (Phi) is 5.96. The number of aromatic nitrogens is 5. The molecule has 0 aliphatic carbocycles. The molecule has 174 valence electrons. The number of carboxylic acid groups (broad SMARTS) is 1. The minimum Gasteiger partial charge on any atom is -0.497 e. The summed E-state index contributed by atoms with van der Waals surface area (Å²) in [5.74, 6) is 0.0494. The Hall–Kier alpha value is -4.92. The summed E-state index contributed by atoms with van der Waals surface area (Å²) in [4.78, 5) is 11.7. The van der Waals surface area contributed by atoms with Crippen molar-refractivity contribution in [3.63, 3.8) is 0 Å². The lowest BCUT2D eigenvalue weighted by Gasteiger charge is -2.10. The van der Waals surface area contributed by atoms with E-state index in [0.29, 0.717) is 12.3 Å². The predicted octanol–water partition coefficient (Wildman–Crippen LogP) is 4.68. The van der Waals surface area contributed by atoms with Crippen molar-refractivity contribution in [3.05, 3.63) is 103 Å². The van der Waals surface area contributed by atoms with Gasteiger partial charge in [0.1, 0.15) is 11.5 Å². The van der Waals surface area contributed by atoms with Gasteiger partial charge >= 0.3 is 5.97 Å². The second-order valence-corrected chi connectivity index (χ2v) is 7.68. The van der Waals surface area contributed by atoms with Crippen molar-refractivity contribution in [2.24, 2.45) is 0 Å². The van der Waals surface area contributed by atoms with E-state index < -0.39 is 5.97 Å². The molecule has 0 atom stereocenters. The third-order valence-electron chi connectivity index (χ3n) is 5.42. The largest absolute Gasteiger partial charge is 0.497 e. The van der Waals surface area contributed by atoms with Crippen LogP contribution in [0.25, 0.3) is 16.8 Å². The van der Waals surface area contributed by atoms with Crippen LogP contribution in [0.1, 0.15) is 16.1 Å². The fourth-order valence-corrected chi connectivity index (χ4v) is 3.60. The number of aromatic carboxylic acids is 1. The summed E-state index contributed by atoms with van der Waals surface area (Å²) in [5.41, 5.74) is 3.64. The normalized spacial score (nSPS) is 10.8. The van der Waals surface area contributed by atoms with Crippen LogP contribution in [0.5, 0.6) is 17.4 Å². The Labute approximate surface area is 200 Å². The summed E-state index contributed by atoms with van der Waals surface area (Å²) in [6.07, 6.45) is 3.63. The number of carboxylic acids is 1. The van der Waals surface area contributed by atoms with Gasteiger partial charge in [0.2, 0.25) is 5.69 Å². The number of hydrogen-bond donors (Lipinski definition) is 1. The number of benzene rings is 3. The average molecular weight is 467 g/mol. The van der Waals surface area contributed by atoms with Gasteiger partial charge in [-0.25, -0.2) is 14.2 Å². The van der Waals surface area contributed by atoms with Crippen molar-refractivity contribution < 1.29 is 19.4 Å². The molecule has 9 heteroatoms. The molecule has 5 aromatic rings. The Morgan fingerprint density at radius 3 is 2.17 bits per heavy atom. The summed E-state index contributed by atoms with van der Waals surface area (Å²) in [7, 11) is 1.60. The van der Waals surface area contributed by atoms with Crippen molar-refractivity contribution >= 4 is 5.97 Å². The third kappa shape index (κ3) is 4.74. The predicted molar refractivity (Wildman–Crippen MR) is 128 cm³/mol. The molecule has 0 bridgehead atoms. The number of ether oxygens (including phenoxy) is 2. The Balaban J connectivity index is 1.35. The zero-order valence-corrected chi connectivity index (χ0v) is 18.8.